The van der Waals surface area contributed by atoms with Crippen LogP contribution in [0.4, 0.5) is 0 Å². The Morgan fingerprint density at radius 1 is 1.00 bits per heavy atom. The molecule has 0 aliphatic rings. The molecule has 2 aromatic rings. The summed E-state index contributed by atoms with van der Waals surface area (Å²) in [6.45, 7) is 5.01. The van der Waals surface area contributed by atoms with Crippen molar-refractivity contribution < 1.29 is 5.11 Å². The Hall–Kier alpha value is -1.71. The zero-order chi connectivity index (χ0) is 13.5. The van der Waals surface area contributed by atoms with Crippen molar-refractivity contribution in [2.45, 2.75) is 26.6 Å². The molecule has 0 atom stereocenters. The number of pyridine rings is 1. The molecule has 0 unspecified atom stereocenters. The van der Waals surface area contributed by atoms with Gasteiger partial charge < -0.3 is 5.11 Å². The average Bonchev–Trinajstić information content (AvgIpc) is 2.48. The molecule has 0 amide bonds. The smallest absolute Gasteiger partial charge is 0.0681 e. The van der Waals surface area contributed by atoms with Crippen LogP contribution in [0.2, 0.25) is 0 Å². The van der Waals surface area contributed by atoms with Gasteiger partial charge in [0, 0.05) is 19.3 Å². The van der Waals surface area contributed by atoms with Crippen LogP contribution in [0.25, 0.3) is 0 Å². The Morgan fingerprint density at radius 3 is 2.32 bits per heavy atom. The Morgan fingerprint density at radius 2 is 1.74 bits per heavy atom. The Balaban J connectivity index is 1.98. The van der Waals surface area contributed by atoms with Crippen LogP contribution in [0.1, 0.15) is 23.7 Å². The molecule has 0 saturated carbocycles. The molecule has 0 bridgehead atoms. The third-order valence-electron chi connectivity index (χ3n) is 3.17. The Kier molecular flexibility index (Phi) is 5.07. The van der Waals surface area contributed by atoms with Crippen LogP contribution in [-0.2, 0) is 19.7 Å². The number of aromatic nitrogens is 1. The van der Waals surface area contributed by atoms with Crippen molar-refractivity contribution >= 4 is 0 Å². The molecule has 0 spiro atoms. The van der Waals surface area contributed by atoms with Crippen LogP contribution in [0, 0.1) is 0 Å². The first-order chi connectivity index (χ1) is 9.31. The van der Waals surface area contributed by atoms with Gasteiger partial charge in [0.1, 0.15) is 0 Å². The van der Waals surface area contributed by atoms with Gasteiger partial charge in [-0.25, -0.2) is 0 Å². The Labute approximate surface area is 114 Å². The molecule has 0 aliphatic carbocycles. The van der Waals surface area contributed by atoms with E-state index in [2.05, 4.69) is 35.0 Å². The molecule has 0 saturated heterocycles. The fraction of sp³-hybridized carbons (Fsp3) is 0.312. The molecule has 1 aromatic heterocycles. The quantitative estimate of drug-likeness (QED) is 0.863. The van der Waals surface area contributed by atoms with Crippen LogP contribution >= 0.6 is 0 Å². The normalized spacial score (nSPS) is 10.9. The highest BCUT2D eigenvalue weighted by Crippen LogP contribution is 2.10. The zero-order valence-electron chi connectivity index (χ0n) is 11.3. The van der Waals surface area contributed by atoms with Crippen molar-refractivity contribution in [1.82, 2.24) is 9.88 Å². The van der Waals surface area contributed by atoms with Crippen molar-refractivity contribution in [2.24, 2.45) is 0 Å². The highest BCUT2D eigenvalue weighted by molar-refractivity contribution is 5.22. The van der Waals surface area contributed by atoms with Gasteiger partial charge in [-0.1, -0.05) is 37.3 Å². The molecule has 1 aromatic carbocycles. The standard InChI is InChI=1S/C16H20N2O/c1-2-18(12-16-5-3-4-10-17-16)11-14-6-8-15(13-19)9-7-14/h3-10,19H,2,11-13H2,1H3. The topological polar surface area (TPSA) is 36.4 Å². The van der Waals surface area contributed by atoms with E-state index in [4.69, 9.17) is 5.11 Å². The van der Waals surface area contributed by atoms with Crippen molar-refractivity contribution in [2.75, 3.05) is 6.54 Å². The van der Waals surface area contributed by atoms with E-state index in [0.717, 1.165) is 30.9 Å². The first-order valence-electron chi connectivity index (χ1n) is 6.62. The highest BCUT2D eigenvalue weighted by atomic mass is 16.3. The molecule has 19 heavy (non-hydrogen) atoms. The number of aliphatic hydroxyl groups is 1. The number of benzene rings is 1. The summed E-state index contributed by atoms with van der Waals surface area (Å²) in [5, 5.41) is 9.03. The summed E-state index contributed by atoms with van der Waals surface area (Å²) < 4.78 is 0. The zero-order valence-corrected chi connectivity index (χ0v) is 11.3. The predicted octanol–water partition coefficient (Wildman–Crippen LogP) is 2.60. The van der Waals surface area contributed by atoms with E-state index in [1.165, 1.54) is 5.56 Å². The first kappa shape index (κ1) is 13.7. The highest BCUT2D eigenvalue weighted by Gasteiger charge is 2.05. The third-order valence-corrected chi connectivity index (χ3v) is 3.17. The molecule has 3 heteroatoms. The van der Waals surface area contributed by atoms with E-state index < -0.39 is 0 Å². The maximum Gasteiger partial charge on any atom is 0.0681 e. The van der Waals surface area contributed by atoms with Gasteiger partial charge in [0.05, 0.1) is 12.3 Å². The van der Waals surface area contributed by atoms with E-state index in [1.807, 2.05) is 30.5 Å². The van der Waals surface area contributed by atoms with Gasteiger partial charge in [0.15, 0.2) is 0 Å². The molecule has 3 nitrogen and oxygen atoms in total. The molecule has 1 heterocycles. The lowest BCUT2D eigenvalue weighted by atomic mass is 10.1. The molecule has 1 N–H and O–H groups in total. The monoisotopic (exact) mass is 256 g/mol. The van der Waals surface area contributed by atoms with Gasteiger partial charge in [-0.3, -0.25) is 9.88 Å². The second kappa shape index (κ2) is 7.02. The second-order valence-electron chi connectivity index (χ2n) is 4.60. The van der Waals surface area contributed by atoms with Crippen molar-refractivity contribution in [3.05, 3.63) is 65.5 Å². The lowest BCUT2D eigenvalue weighted by Crippen LogP contribution is -2.22. The number of aliphatic hydroxyl groups excluding tert-OH is 1. The average molecular weight is 256 g/mol. The number of hydrogen-bond acceptors (Lipinski definition) is 3. The molecule has 0 aliphatic heterocycles. The van der Waals surface area contributed by atoms with Gasteiger partial charge in [-0.2, -0.15) is 0 Å². The van der Waals surface area contributed by atoms with E-state index in [-0.39, 0.29) is 6.61 Å². The lowest BCUT2D eigenvalue weighted by Gasteiger charge is -2.20. The first-order valence-corrected chi connectivity index (χ1v) is 6.62. The van der Waals surface area contributed by atoms with Crippen molar-refractivity contribution in [3.63, 3.8) is 0 Å². The van der Waals surface area contributed by atoms with Gasteiger partial charge in [0.25, 0.3) is 0 Å². The maximum absolute atomic E-state index is 9.03. The largest absolute Gasteiger partial charge is 0.392 e. The molecule has 100 valence electrons. The van der Waals surface area contributed by atoms with Gasteiger partial charge >= 0.3 is 0 Å². The van der Waals surface area contributed by atoms with Crippen molar-refractivity contribution in [3.8, 4) is 0 Å². The van der Waals surface area contributed by atoms with Crippen LogP contribution in [-0.4, -0.2) is 21.5 Å². The third kappa shape index (κ3) is 4.16. The lowest BCUT2D eigenvalue weighted by molar-refractivity contribution is 0.267. The summed E-state index contributed by atoms with van der Waals surface area (Å²) in [4.78, 5) is 6.70. The van der Waals surface area contributed by atoms with E-state index in [1.54, 1.807) is 0 Å². The van der Waals surface area contributed by atoms with Crippen molar-refractivity contribution in [1.29, 1.82) is 0 Å². The van der Waals surface area contributed by atoms with Crippen LogP contribution in [0.3, 0.4) is 0 Å². The fourth-order valence-electron chi connectivity index (χ4n) is 2.01. The van der Waals surface area contributed by atoms with Gasteiger partial charge in [0.2, 0.25) is 0 Å². The molecule has 0 radical (unpaired) electrons. The predicted molar refractivity (Wildman–Crippen MR) is 76.4 cm³/mol. The second-order valence-corrected chi connectivity index (χ2v) is 4.60. The summed E-state index contributed by atoms with van der Waals surface area (Å²) in [6.07, 6.45) is 1.83. The number of nitrogens with zero attached hydrogens (tertiary/aromatic N) is 2. The van der Waals surface area contributed by atoms with Crippen LogP contribution in [0.5, 0.6) is 0 Å². The van der Waals surface area contributed by atoms with E-state index in [0.29, 0.717) is 0 Å². The van der Waals surface area contributed by atoms with Gasteiger partial charge in [-0.15, -0.1) is 0 Å². The summed E-state index contributed by atoms with van der Waals surface area (Å²) in [5.41, 5.74) is 3.31. The van der Waals surface area contributed by atoms with E-state index in [9.17, 15) is 0 Å². The summed E-state index contributed by atoms with van der Waals surface area (Å²) in [5.74, 6) is 0. The minimum atomic E-state index is 0.103. The SMILES string of the molecule is CCN(Cc1ccc(CO)cc1)Cc1ccccn1. The van der Waals surface area contributed by atoms with Crippen LogP contribution in [0.15, 0.2) is 48.7 Å². The molecule has 2 rings (SSSR count). The van der Waals surface area contributed by atoms with E-state index >= 15 is 0 Å². The molecular weight excluding hydrogens is 236 g/mol. The summed E-state index contributed by atoms with van der Waals surface area (Å²) in [7, 11) is 0. The van der Waals surface area contributed by atoms with Gasteiger partial charge in [-0.05, 0) is 29.8 Å². The van der Waals surface area contributed by atoms with Crippen LogP contribution < -0.4 is 0 Å². The molecular formula is C16H20N2O. The maximum atomic E-state index is 9.03. The number of rotatable bonds is 6. The summed E-state index contributed by atoms with van der Waals surface area (Å²) >= 11 is 0. The minimum absolute atomic E-state index is 0.103. The summed E-state index contributed by atoms with van der Waals surface area (Å²) in [6, 6.07) is 14.1. The number of hydrogen-bond donors (Lipinski definition) is 1. The minimum Gasteiger partial charge on any atom is -0.392 e. The fourth-order valence-corrected chi connectivity index (χ4v) is 2.01. The molecule has 0 fully saturated rings. The Bertz CT molecular complexity index is 482.